The highest BCUT2D eigenvalue weighted by Gasteiger charge is 2.11. The number of esters is 1. The summed E-state index contributed by atoms with van der Waals surface area (Å²) < 4.78 is 15.3. The molecule has 0 saturated heterocycles. The molecule has 1 amide bonds. The number of benzene rings is 2. The molecule has 0 fully saturated rings. The van der Waals surface area contributed by atoms with Crippen molar-refractivity contribution in [2.24, 2.45) is 0 Å². The minimum atomic E-state index is -0.690. The van der Waals surface area contributed by atoms with Crippen molar-refractivity contribution in [3.63, 3.8) is 0 Å². The number of carbonyl (C=O) groups excluding carboxylic acids is 2. The van der Waals surface area contributed by atoms with Gasteiger partial charge in [0.05, 0.1) is 7.11 Å². The molecule has 0 aliphatic rings. The van der Waals surface area contributed by atoms with Crippen LogP contribution in [0.2, 0.25) is 10.0 Å². The van der Waals surface area contributed by atoms with E-state index in [1.54, 1.807) is 24.3 Å². The Morgan fingerprint density at radius 1 is 1.00 bits per heavy atom. The highest BCUT2D eigenvalue weighted by atomic mass is 35.5. The molecule has 25 heavy (non-hydrogen) atoms. The fourth-order valence-corrected chi connectivity index (χ4v) is 2.41. The lowest BCUT2D eigenvalue weighted by atomic mass is 10.3. The normalized spacial score (nSPS) is 10.0. The Morgan fingerprint density at radius 3 is 2.28 bits per heavy atom. The summed E-state index contributed by atoms with van der Waals surface area (Å²) in [5.41, 5.74) is 0.406. The van der Waals surface area contributed by atoms with Crippen LogP contribution in [0.5, 0.6) is 11.5 Å². The molecule has 0 unspecified atom stereocenters. The smallest absolute Gasteiger partial charge is 0.344 e. The minimum Gasteiger partial charge on any atom is -0.493 e. The van der Waals surface area contributed by atoms with Crippen molar-refractivity contribution in [3.8, 4) is 11.5 Å². The molecule has 0 radical (unpaired) electrons. The first-order valence-electron chi connectivity index (χ1n) is 7.15. The van der Waals surface area contributed by atoms with Gasteiger partial charge in [0.15, 0.2) is 24.7 Å². The summed E-state index contributed by atoms with van der Waals surface area (Å²) in [4.78, 5) is 23.4. The Hall–Kier alpha value is -2.44. The Morgan fingerprint density at radius 2 is 1.64 bits per heavy atom. The third-order valence-electron chi connectivity index (χ3n) is 2.93. The van der Waals surface area contributed by atoms with Gasteiger partial charge in [-0.05, 0) is 30.3 Å². The van der Waals surface area contributed by atoms with Crippen LogP contribution in [0.4, 0.5) is 5.69 Å². The number of para-hydroxylation sites is 2. The highest BCUT2D eigenvalue weighted by molar-refractivity contribution is 6.35. The first kappa shape index (κ1) is 18.9. The monoisotopic (exact) mass is 383 g/mol. The van der Waals surface area contributed by atoms with E-state index in [0.717, 1.165) is 0 Å². The highest BCUT2D eigenvalue weighted by Crippen LogP contribution is 2.25. The molecule has 0 heterocycles. The number of ether oxygens (including phenoxy) is 3. The summed E-state index contributed by atoms with van der Waals surface area (Å²) in [5, 5.41) is 3.28. The van der Waals surface area contributed by atoms with Gasteiger partial charge in [-0.25, -0.2) is 4.79 Å². The quantitative estimate of drug-likeness (QED) is 0.739. The van der Waals surface area contributed by atoms with Crippen molar-refractivity contribution in [2.75, 3.05) is 25.6 Å². The fourth-order valence-electron chi connectivity index (χ4n) is 1.89. The summed E-state index contributed by atoms with van der Waals surface area (Å²) in [6.07, 6.45) is 0. The fraction of sp³-hybridized carbons (Fsp3) is 0.176. The van der Waals surface area contributed by atoms with Gasteiger partial charge >= 0.3 is 5.97 Å². The topological polar surface area (TPSA) is 73.9 Å². The molecule has 2 rings (SSSR count). The van der Waals surface area contributed by atoms with Gasteiger partial charge in [-0.3, -0.25) is 4.79 Å². The number of amides is 1. The van der Waals surface area contributed by atoms with E-state index < -0.39 is 18.5 Å². The number of nitrogens with one attached hydrogen (secondary N) is 1. The van der Waals surface area contributed by atoms with Crippen LogP contribution in [0.3, 0.4) is 0 Å². The van der Waals surface area contributed by atoms with Gasteiger partial charge in [-0.2, -0.15) is 0 Å². The van der Waals surface area contributed by atoms with Crippen molar-refractivity contribution in [1.29, 1.82) is 0 Å². The summed E-state index contributed by atoms with van der Waals surface area (Å²) in [5.74, 6) is -0.319. The van der Waals surface area contributed by atoms with Crippen LogP contribution < -0.4 is 14.8 Å². The second kappa shape index (κ2) is 9.15. The van der Waals surface area contributed by atoms with E-state index in [1.807, 2.05) is 0 Å². The predicted octanol–water partition coefficient (Wildman–Crippen LogP) is 3.56. The second-order valence-corrected chi connectivity index (χ2v) is 5.68. The lowest BCUT2D eigenvalue weighted by Gasteiger charge is -2.10. The maximum absolute atomic E-state index is 11.8. The van der Waals surface area contributed by atoms with Crippen molar-refractivity contribution < 1.29 is 23.8 Å². The third kappa shape index (κ3) is 6.17. The molecule has 0 saturated carbocycles. The van der Waals surface area contributed by atoms with Crippen molar-refractivity contribution >= 4 is 40.8 Å². The zero-order valence-corrected chi connectivity index (χ0v) is 14.8. The average molecular weight is 384 g/mol. The van der Waals surface area contributed by atoms with E-state index in [4.69, 9.17) is 37.4 Å². The molecule has 6 nitrogen and oxygen atoms in total. The van der Waals surface area contributed by atoms with Gasteiger partial charge in [-0.1, -0.05) is 35.3 Å². The lowest BCUT2D eigenvalue weighted by molar-refractivity contribution is -0.149. The molecule has 0 aliphatic carbocycles. The molecular weight excluding hydrogens is 369 g/mol. The third-order valence-corrected chi connectivity index (χ3v) is 3.36. The maximum atomic E-state index is 11.8. The van der Waals surface area contributed by atoms with Gasteiger partial charge < -0.3 is 19.5 Å². The van der Waals surface area contributed by atoms with Crippen LogP contribution >= 0.6 is 23.2 Å². The summed E-state index contributed by atoms with van der Waals surface area (Å²) in [6.45, 7) is -0.811. The molecule has 8 heteroatoms. The number of anilines is 1. The average Bonchev–Trinajstić information content (AvgIpc) is 2.57. The van der Waals surface area contributed by atoms with Crippen LogP contribution in [-0.2, 0) is 14.3 Å². The molecule has 0 aromatic heterocycles. The molecule has 2 aromatic rings. The van der Waals surface area contributed by atoms with Gasteiger partial charge in [0, 0.05) is 15.7 Å². The number of hydrogen-bond donors (Lipinski definition) is 1. The van der Waals surface area contributed by atoms with Crippen LogP contribution in [0, 0.1) is 0 Å². The molecule has 0 spiro atoms. The van der Waals surface area contributed by atoms with Crippen molar-refractivity contribution in [2.45, 2.75) is 0 Å². The molecule has 1 N–H and O–H groups in total. The van der Waals surface area contributed by atoms with Gasteiger partial charge in [0.2, 0.25) is 0 Å². The number of methoxy groups -OCH3 is 1. The van der Waals surface area contributed by atoms with E-state index in [2.05, 4.69) is 5.32 Å². The maximum Gasteiger partial charge on any atom is 0.344 e. The first-order chi connectivity index (χ1) is 12.0. The van der Waals surface area contributed by atoms with Gasteiger partial charge in [0.25, 0.3) is 5.91 Å². The van der Waals surface area contributed by atoms with Crippen LogP contribution in [0.25, 0.3) is 0 Å². The Labute approximate surface area is 154 Å². The van der Waals surface area contributed by atoms with E-state index in [0.29, 0.717) is 27.2 Å². The van der Waals surface area contributed by atoms with Crippen LogP contribution in [-0.4, -0.2) is 32.2 Å². The number of hydrogen-bond acceptors (Lipinski definition) is 5. The van der Waals surface area contributed by atoms with Gasteiger partial charge in [-0.15, -0.1) is 0 Å². The van der Waals surface area contributed by atoms with Crippen molar-refractivity contribution in [1.82, 2.24) is 0 Å². The molecule has 132 valence electrons. The molecular formula is C17H15Cl2NO5. The Bertz CT molecular complexity index is 746. The van der Waals surface area contributed by atoms with Crippen LogP contribution in [0.1, 0.15) is 0 Å². The Kier molecular flexibility index (Phi) is 6.91. The zero-order chi connectivity index (χ0) is 18.2. The summed E-state index contributed by atoms with van der Waals surface area (Å²) in [6, 6.07) is 11.5. The van der Waals surface area contributed by atoms with Crippen molar-refractivity contribution in [3.05, 3.63) is 52.5 Å². The largest absolute Gasteiger partial charge is 0.493 e. The molecule has 0 aliphatic heterocycles. The standard InChI is InChI=1S/C17H15Cl2NO5/c1-23-14-4-2-3-5-15(14)24-10-17(22)25-9-16(21)20-13-7-11(18)6-12(19)8-13/h2-8H,9-10H2,1H3,(H,20,21). The molecule has 2 aromatic carbocycles. The molecule has 0 atom stereocenters. The number of carbonyl (C=O) groups is 2. The van der Waals surface area contributed by atoms with E-state index in [1.165, 1.54) is 25.3 Å². The van der Waals surface area contributed by atoms with E-state index in [9.17, 15) is 9.59 Å². The van der Waals surface area contributed by atoms with Crippen LogP contribution in [0.15, 0.2) is 42.5 Å². The zero-order valence-electron chi connectivity index (χ0n) is 13.3. The van der Waals surface area contributed by atoms with E-state index in [-0.39, 0.29) is 6.61 Å². The van der Waals surface area contributed by atoms with E-state index >= 15 is 0 Å². The molecule has 0 bridgehead atoms. The predicted molar refractivity (Wildman–Crippen MR) is 94.5 cm³/mol. The second-order valence-electron chi connectivity index (χ2n) is 4.81. The first-order valence-corrected chi connectivity index (χ1v) is 7.91. The SMILES string of the molecule is COc1ccccc1OCC(=O)OCC(=O)Nc1cc(Cl)cc(Cl)c1. The minimum absolute atomic E-state index is 0.351. The lowest BCUT2D eigenvalue weighted by Crippen LogP contribution is -2.23. The number of halogens is 2. The number of rotatable bonds is 7. The summed E-state index contributed by atoms with van der Waals surface area (Å²) in [7, 11) is 1.49. The summed E-state index contributed by atoms with van der Waals surface area (Å²) >= 11 is 11.7. The van der Waals surface area contributed by atoms with Gasteiger partial charge in [0.1, 0.15) is 0 Å². The Balaban J connectivity index is 1.78.